The van der Waals surface area contributed by atoms with E-state index >= 15 is 0 Å². The molecule has 0 spiro atoms. The second-order valence-electron chi connectivity index (χ2n) is 8.03. The molecule has 2 fully saturated rings. The van der Waals surface area contributed by atoms with Crippen LogP contribution in [0.1, 0.15) is 52.9 Å². The topological polar surface area (TPSA) is 32.7 Å². The van der Waals surface area contributed by atoms with Gasteiger partial charge in [-0.1, -0.05) is 20.8 Å². The van der Waals surface area contributed by atoms with Crippen LogP contribution < -0.4 is 0 Å². The first-order valence-electron chi connectivity index (χ1n) is 8.16. The van der Waals surface area contributed by atoms with E-state index < -0.39 is 9.73 Å². The second-order valence-corrected chi connectivity index (χ2v) is 10.6. The van der Waals surface area contributed by atoms with Crippen molar-refractivity contribution in [1.82, 2.24) is 4.90 Å². The average Bonchev–Trinajstić information content (AvgIpc) is 2.34. The van der Waals surface area contributed by atoms with Gasteiger partial charge < -0.3 is 4.90 Å². The zero-order valence-electron chi connectivity index (χ0n) is 13.7. The molecule has 0 radical (unpaired) electrons. The van der Waals surface area contributed by atoms with Crippen molar-refractivity contribution in [3.8, 4) is 0 Å². The van der Waals surface area contributed by atoms with Crippen molar-refractivity contribution in [3.63, 3.8) is 0 Å². The SMILES string of the molecule is CN1CCS(=O)(=NC2CCC(CC(C)(C)C)CC2)CC1. The molecule has 4 heteroatoms. The Bertz CT molecular complexity index is 410. The first-order valence-corrected chi connectivity index (χ1v) is 10.0. The van der Waals surface area contributed by atoms with E-state index in [-0.39, 0.29) is 0 Å². The highest BCUT2D eigenvalue weighted by Gasteiger charge is 2.26. The summed E-state index contributed by atoms with van der Waals surface area (Å²) in [7, 11) is 0.216. The maximum atomic E-state index is 12.7. The molecule has 1 saturated carbocycles. The van der Waals surface area contributed by atoms with Gasteiger partial charge in [-0.2, -0.15) is 0 Å². The normalized spacial score (nSPS) is 32.0. The van der Waals surface area contributed by atoms with Crippen LogP contribution in [0, 0.1) is 11.3 Å². The minimum atomic E-state index is -1.89. The van der Waals surface area contributed by atoms with Crippen molar-refractivity contribution in [1.29, 1.82) is 0 Å². The summed E-state index contributed by atoms with van der Waals surface area (Å²) in [5.41, 5.74) is 0.438. The fourth-order valence-electron chi connectivity index (χ4n) is 3.51. The molecule has 0 aromatic heterocycles. The van der Waals surface area contributed by atoms with Gasteiger partial charge in [-0.3, -0.25) is 0 Å². The van der Waals surface area contributed by atoms with Crippen molar-refractivity contribution in [2.75, 3.05) is 31.6 Å². The van der Waals surface area contributed by atoms with E-state index in [0.29, 0.717) is 11.5 Å². The Hall–Kier alpha value is -0.0900. The molecule has 0 bridgehead atoms. The molecule has 1 heterocycles. The van der Waals surface area contributed by atoms with E-state index in [1.165, 1.54) is 19.3 Å². The summed E-state index contributed by atoms with van der Waals surface area (Å²) >= 11 is 0. The van der Waals surface area contributed by atoms with E-state index in [9.17, 15) is 4.21 Å². The lowest BCUT2D eigenvalue weighted by Crippen LogP contribution is -2.38. The third-order valence-corrected chi connectivity index (χ3v) is 6.97. The molecule has 118 valence electrons. The number of nitrogens with zero attached hydrogens (tertiary/aromatic N) is 2. The van der Waals surface area contributed by atoms with Crippen LogP contribution in [0.3, 0.4) is 0 Å². The molecule has 20 heavy (non-hydrogen) atoms. The number of rotatable bonds is 2. The summed E-state index contributed by atoms with van der Waals surface area (Å²) < 4.78 is 17.5. The lowest BCUT2D eigenvalue weighted by Gasteiger charge is -2.32. The molecule has 2 aliphatic rings. The molecule has 0 N–H and O–H groups in total. The van der Waals surface area contributed by atoms with Crippen molar-refractivity contribution in [2.24, 2.45) is 15.7 Å². The Balaban J connectivity index is 1.86. The highest BCUT2D eigenvalue weighted by atomic mass is 32.2. The maximum absolute atomic E-state index is 12.7. The molecule has 0 amide bonds. The fraction of sp³-hybridized carbons (Fsp3) is 1.00. The predicted molar refractivity (Wildman–Crippen MR) is 87.6 cm³/mol. The summed E-state index contributed by atoms with van der Waals surface area (Å²) in [5, 5.41) is 0. The van der Waals surface area contributed by atoms with Gasteiger partial charge in [-0.05, 0) is 50.5 Å². The first-order chi connectivity index (χ1) is 9.26. The third-order valence-electron chi connectivity index (χ3n) is 4.64. The number of hydrogen-bond donors (Lipinski definition) is 0. The van der Waals surface area contributed by atoms with Crippen LogP contribution in [-0.2, 0) is 9.73 Å². The molecule has 0 unspecified atom stereocenters. The summed E-state index contributed by atoms with van der Waals surface area (Å²) in [5.74, 6) is 2.42. The van der Waals surface area contributed by atoms with Gasteiger partial charge in [0.15, 0.2) is 0 Å². The third kappa shape index (κ3) is 5.03. The van der Waals surface area contributed by atoms with Crippen LogP contribution in [0.2, 0.25) is 0 Å². The van der Waals surface area contributed by atoms with Crippen LogP contribution in [0.25, 0.3) is 0 Å². The molecule has 1 aliphatic heterocycles. The second kappa shape index (κ2) is 6.35. The van der Waals surface area contributed by atoms with E-state index in [0.717, 1.165) is 43.4 Å². The van der Waals surface area contributed by atoms with Crippen LogP contribution in [-0.4, -0.2) is 46.8 Å². The Morgan fingerprint density at radius 1 is 1.10 bits per heavy atom. The van der Waals surface area contributed by atoms with Gasteiger partial charge in [0.05, 0.1) is 6.04 Å². The van der Waals surface area contributed by atoms with Gasteiger partial charge in [0, 0.05) is 34.3 Å². The quantitative estimate of drug-likeness (QED) is 0.783. The van der Waals surface area contributed by atoms with Gasteiger partial charge in [-0.25, -0.2) is 8.57 Å². The standard InChI is InChI=1S/C16H32N2OS/c1-16(2,3)13-14-5-7-15(8-6-14)17-20(19)11-9-18(4)10-12-20/h14-15H,5-13H2,1-4H3. The minimum absolute atomic E-state index is 0.377. The van der Waals surface area contributed by atoms with E-state index in [1.54, 1.807) is 0 Å². The fourth-order valence-corrected chi connectivity index (χ4v) is 5.87. The molecule has 1 saturated heterocycles. The molecule has 2 rings (SSSR count). The molecule has 1 aliphatic carbocycles. The molecular weight excluding hydrogens is 268 g/mol. The predicted octanol–water partition coefficient (Wildman–Crippen LogP) is 3.39. The van der Waals surface area contributed by atoms with Gasteiger partial charge >= 0.3 is 0 Å². The number of hydrogen-bond acceptors (Lipinski definition) is 3. The Kier molecular flexibility index (Phi) is 5.17. The van der Waals surface area contributed by atoms with Gasteiger partial charge in [-0.15, -0.1) is 0 Å². The smallest absolute Gasteiger partial charge is 0.0594 e. The summed E-state index contributed by atoms with van der Waals surface area (Å²) in [6.07, 6.45) is 6.20. The van der Waals surface area contributed by atoms with Crippen molar-refractivity contribution < 1.29 is 4.21 Å². The molecule has 3 nitrogen and oxygen atoms in total. The maximum Gasteiger partial charge on any atom is 0.0594 e. The highest BCUT2D eigenvalue weighted by molar-refractivity contribution is 7.93. The summed E-state index contributed by atoms with van der Waals surface area (Å²) in [4.78, 5) is 2.26. The summed E-state index contributed by atoms with van der Waals surface area (Å²) in [6, 6.07) is 0.377. The zero-order valence-corrected chi connectivity index (χ0v) is 14.5. The minimum Gasteiger partial charge on any atom is -0.304 e. The highest BCUT2D eigenvalue weighted by Crippen LogP contribution is 2.35. The van der Waals surface area contributed by atoms with Gasteiger partial charge in [0.2, 0.25) is 0 Å². The van der Waals surface area contributed by atoms with Gasteiger partial charge in [0.25, 0.3) is 0 Å². The van der Waals surface area contributed by atoms with Crippen LogP contribution >= 0.6 is 0 Å². The van der Waals surface area contributed by atoms with Crippen LogP contribution in [0.5, 0.6) is 0 Å². The van der Waals surface area contributed by atoms with E-state index in [2.05, 4.69) is 32.7 Å². The Morgan fingerprint density at radius 3 is 2.15 bits per heavy atom. The summed E-state index contributed by atoms with van der Waals surface area (Å²) in [6.45, 7) is 8.89. The Labute approximate surface area is 125 Å². The van der Waals surface area contributed by atoms with Gasteiger partial charge in [0.1, 0.15) is 0 Å². The van der Waals surface area contributed by atoms with Crippen molar-refractivity contribution in [3.05, 3.63) is 0 Å². The molecule has 0 aromatic carbocycles. The monoisotopic (exact) mass is 300 g/mol. The van der Waals surface area contributed by atoms with Crippen LogP contribution in [0.4, 0.5) is 0 Å². The lowest BCUT2D eigenvalue weighted by atomic mass is 9.76. The van der Waals surface area contributed by atoms with E-state index in [4.69, 9.17) is 4.36 Å². The molecular formula is C16H32N2OS. The van der Waals surface area contributed by atoms with Crippen molar-refractivity contribution in [2.45, 2.75) is 58.9 Å². The largest absolute Gasteiger partial charge is 0.304 e. The first kappa shape index (κ1) is 16.3. The molecule has 0 atom stereocenters. The molecule has 0 aromatic rings. The zero-order chi connectivity index (χ0) is 14.8. The van der Waals surface area contributed by atoms with E-state index in [1.807, 2.05) is 0 Å². The van der Waals surface area contributed by atoms with Crippen molar-refractivity contribution >= 4 is 9.73 Å². The average molecular weight is 301 g/mol. The lowest BCUT2D eigenvalue weighted by molar-refractivity contribution is 0.229. The Morgan fingerprint density at radius 2 is 1.65 bits per heavy atom. The van der Waals surface area contributed by atoms with Crippen LogP contribution in [0.15, 0.2) is 4.36 Å².